The number of rotatable bonds is 5. The molecule has 1 atom stereocenters. The lowest BCUT2D eigenvalue weighted by Gasteiger charge is -2.09. The van der Waals surface area contributed by atoms with E-state index in [4.69, 9.17) is 17.3 Å². The number of thioether (sulfide) groups is 1. The third-order valence-corrected chi connectivity index (χ3v) is 4.33. The van der Waals surface area contributed by atoms with Crippen molar-refractivity contribution in [3.63, 3.8) is 0 Å². The number of halogens is 1. The van der Waals surface area contributed by atoms with Gasteiger partial charge in [-0.15, -0.1) is 11.8 Å². The van der Waals surface area contributed by atoms with Crippen molar-refractivity contribution < 1.29 is 0 Å². The first kappa shape index (κ1) is 14.4. The Morgan fingerprint density at radius 2 is 2.05 bits per heavy atom. The van der Waals surface area contributed by atoms with Gasteiger partial charge in [-0.25, -0.2) is 0 Å². The van der Waals surface area contributed by atoms with Gasteiger partial charge in [-0.05, 0) is 30.2 Å². The fraction of sp³-hybridized carbons (Fsp3) is 0.267. The van der Waals surface area contributed by atoms with Gasteiger partial charge in [0.05, 0.1) is 5.69 Å². The van der Waals surface area contributed by atoms with E-state index in [1.807, 2.05) is 36.5 Å². The van der Waals surface area contributed by atoms with Crippen LogP contribution in [0.15, 0.2) is 47.5 Å². The Hall–Kier alpha value is -1.03. The molecule has 2 rings (SSSR count). The van der Waals surface area contributed by atoms with Crippen molar-refractivity contribution in [1.82, 2.24) is 4.98 Å². The number of nitrogens with two attached hydrogens (primary N) is 1. The Morgan fingerprint density at radius 1 is 1.26 bits per heavy atom. The van der Waals surface area contributed by atoms with Crippen LogP contribution in [0.4, 0.5) is 0 Å². The molecule has 2 nitrogen and oxygen atoms in total. The van der Waals surface area contributed by atoms with Crippen LogP contribution in [0.3, 0.4) is 0 Å². The topological polar surface area (TPSA) is 38.9 Å². The molecular formula is C15H17ClN2S. The second-order valence-corrected chi connectivity index (χ2v) is 5.77. The summed E-state index contributed by atoms with van der Waals surface area (Å²) >= 11 is 7.86. The Bertz CT molecular complexity index is 528. The lowest BCUT2D eigenvalue weighted by atomic mass is 10.1. The predicted molar refractivity (Wildman–Crippen MR) is 82.5 cm³/mol. The number of hydrogen-bond acceptors (Lipinski definition) is 3. The van der Waals surface area contributed by atoms with E-state index in [2.05, 4.69) is 18.0 Å². The number of hydrogen-bond donors (Lipinski definition) is 1. The fourth-order valence-corrected chi connectivity index (χ4v) is 2.83. The van der Waals surface area contributed by atoms with Crippen molar-refractivity contribution in [2.75, 3.05) is 0 Å². The van der Waals surface area contributed by atoms with Crippen molar-refractivity contribution in [3.05, 3.63) is 58.9 Å². The first-order valence-corrected chi connectivity index (χ1v) is 7.64. The normalized spacial score (nSPS) is 12.4. The van der Waals surface area contributed by atoms with Crippen molar-refractivity contribution in [2.24, 2.45) is 5.73 Å². The van der Waals surface area contributed by atoms with Crippen molar-refractivity contribution in [1.29, 1.82) is 0 Å². The molecule has 2 aromatic rings. The average molecular weight is 293 g/mol. The quantitative estimate of drug-likeness (QED) is 0.828. The molecule has 4 heteroatoms. The molecule has 0 saturated carbocycles. The van der Waals surface area contributed by atoms with Gasteiger partial charge in [0.15, 0.2) is 0 Å². The first-order chi connectivity index (χ1) is 9.20. The summed E-state index contributed by atoms with van der Waals surface area (Å²) in [5.74, 6) is 0.848. The number of pyridine rings is 1. The molecule has 2 N–H and O–H groups in total. The van der Waals surface area contributed by atoms with Crippen LogP contribution < -0.4 is 5.73 Å². The zero-order chi connectivity index (χ0) is 13.7. The molecule has 0 saturated heterocycles. The summed E-state index contributed by atoms with van der Waals surface area (Å²) in [6, 6.07) is 12.0. The van der Waals surface area contributed by atoms with Gasteiger partial charge >= 0.3 is 0 Å². The zero-order valence-corrected chi connectivity index (χ0v) is 12.4. The van der Waals surface area contributed by atoms with E-state index in [1.165, 1.54) is 0 Å². The van der Waals surface area contributed by atoms with Crippen LogP contribution in [0.2, 0.25) is 5.02 Å². The Balaban J connectivity index is 1.99. The molecule has 1 heterocycles. The SMILES string of the molecule is CCC(N)c1ccc(SCc2ccccc2Cl)cn1. The first-order valence-electron chi connectivity index (χ1n) is 6.28. The summed E-state index contributed by atoms with van der Waals surface area (Å²) in [6.07, 6.45) is 2.78. The minimum atomic E-state index is 0.0302. The minimum Gasteiger partial charge on any atom is -0.323 e. The van der Waals surface area contributed by atoms with Crippen LogP contribution in [0, 0.1) is 0 Å². The summed E-state index contributed by atoms with van der Waals surface area (Å²) in [6.45, 7) is 2.06. The van der Waals surface area contributed by atoms with Gasteiger partial charge in [0, 0.05) is 27.9 Å². The Morgan fingerprint density at radius 3 is 2.68 bits per heavy atom. The molecule has 19 heavy (non-hydrogen) atoms. The highest BCUT2D eigenvalue weighted by Gasteiger charge is 2.05. The van der Waals surface area contributed by atoms with Crippen LogP contribution in [0.25, 0.3) is 0 Å². The summed E-state index contributed by atoms with van der Waals surface area (Å²) in [4.78, 5) is 5.54. The van der Waals surface area contributed by atoms with Crippen LogP contribution in [0.1, 0.15) is 30.6 Å². The maximum atomic E-state index is 6.13. The number of aromatic nitrogens is 1. The van der Waals surface area contributed by atoms with Gasteiger partial charge < -0.3 is 5.73 Å². The van der Waals surface area contributed by atoms with Gasteiger partial charge in [0.25, 0.3) is 0 Å². The van der Waals surface area contributed by atoms with Gasteiger partial charge in [-0.1, -0.05) is 36.7 Å². The van der Waals surface area contributed by atoms with E-state index in [0.29, 0.717) is 0 Å². The van der Waals surface area contributed by atoms with Gasteiger partial charge in [-0.2, -0.15) is 0 Å². The smallest absolute Gasteiger partial charge is 0.0571 e. The molecule has 1 aromatic carbocycles. The molecule has 100 valence electrons. The molecule has 1 aromatic heterocycles. The third-order valence-electron chi connectivity index (χ3n) is 2.93. The van der Waals surface area contributed by atoms with E-state index in [0.717, 1.165) is 33.3 Å². The molecule has 0 radical (unpaired) electrons. The van der Waals surface area contributed by atoms with Crippen molar-refractivity contribution >= 4 is 23.4 Å². The largest absolute Gasteiger partial charge is 0.323 e. The van der Waals surface area contributed by atoms with Crippen LogP contribution in [-0.4, -0.2) is 4.98 Å². The molecule has 0 fully saturated rings. The van der Waals surface area contributed by atoms with Crippen LogP contribution in [-0.2, 0) is 5.75 Å². The lowest BCUT2D eigenvalue weighted by Crippen LogP contribution is -2.10. The maximum absolute atomic E-state index is 6.13. The molecule has 0 amide bonds. The van der Waals surface area contributed by atoms with E-state index in [-0.39, 0.29) is 6.04 Å². The van der Waals surface area contributed by atoms with Crippen LogP contribution >= 0.6 is 23.4 Å². The van der Waals surface area contributed by atoms with E-state index < -0.39 is 0 Å². The molecule has 0 spiro atoms. The van der Waals surface area contributed by atoms with Crippen molar-refractivity contribution in [3.8, 4) is 0 Å². The van der Waals surface area contributed by atoms with Crippen LogP contribution in [0.5, 0.6) is 0 Å². The van der Waals surface area contributed by atoms with E-state index in [9.17, 15) is 0 Å². The summed E-state index contributed by atoms with van der Waals surface area (Å²) in [5, 5.41) is 0.813. The molecular weight excluding hydrogens is 276 g/mol. The highest BCUT2D eigenvalue weighted by molar-refractivity contribution is 7.98. The van der Waals surface area contributed by atoms with Gasteiger partial charge in [0.2, 0.25) is 0 Å². The third kappa shape index (κ3) is 3.96. The van der Waals surface area contributed by atoms with Crippen molar-refractivity contribution in [2.45, 2.75) is 30.0 Å². The highest BCUT2D eigenvalue weighted by Crippen LogP contribution is 2.26. The number of benzene rings is 1. The molecule has 1 unspecified atom stereocenters. The second kappa shape index (κ2) is 6.94. The minimum absolute atomic E-state index is 0.0302. The molecule has 0 aliphatic heterocycles. The van der Waals surface area contributed by atoms with E-state index >= 15 is 0 Å². The lowest BCUT2D eigenvalue weighted by molar-refractivity contribution is 0.674. The molecule has 0 bridgehead atoms. The number of nitrogens with zero attached hydrogens (tertiary/aromatic N) is 1. The Kier molecular flexibility index (Phi) is 5.25. The van der Waals surface area contributed by atoms with Gasteiger partial charge in [-0.3, -0.25) is 4.98 Å². The second-order valence-electron chi connectivity index (χ2n) is 4.31. The molecule has 0 aliphatic carbocycles. The summed E-state index contributed by atoms with van der Waals surface area (Å²) in [5.41, 5.74) is 8.03. The van der Waals surface area contributed by atoms with Gasteiger partial charge in [0.1, 0.15) is 0 Å². The van der Waals surface area contributed by atoms with E-state index in [1.54, 1.807) is 11.8 Å². The summed E-state index contributed by atoms with van der Waals surface area (Å²) < 4.78 is 0. The fourth-order valence-electron chi connectivity index (χ4n) is 1.68. The molecule has 0 aliphatic rings. The summed E-state index contributed by atoms with van der Waals surface area (Å²) in [7, 11) is 0. The zero-order valence-electron chi connectivity index (χ0n) is 10.8. The monoisotopic (exact) mass is 292 g/mol. The predicted octanol–water partition coefficient (Wildman–Crippen LogP) is 4.44. The highest BCUT2D eigenvalue weighted by atomic mass is 35.5. The average Bonchev–Trinajstić information content (AvgIpc) is 2.46. The maximum Gasteiger partial charge on any atom is 0.0571 e. The standard InChI is InChI=1S/C15H17ClN2S/c1-2-14(17)15-8-7-12(9-18-15)19-10-11-5-3-4-6-13(11)16/h3-9,14H,2,10,17H2,1H3. The Labute approximate surface area is 123 Å².